The quantitative estimate of drug-likeness (QED) is 0.591. The second-order valence-electron chi connectivity index (χ2n) is 4.22. The van der Waals surface area contributed by atoms with Crippen molar-refractivity contribution in [3.63, 3.8) is 0 Å². The fourth-order valence-corrected chi connectivity index (χ4v) is 2.77. The molecule has 106 valence electrons. The van der Waals surface area contributed by atoms with Gasteiger partial charge >= 0.3 is 0 Å². The number of rotatable bonds is 9. The van der Waals surface area contributed by atoms with Crippen molar-refractivity contribution in [2.75, 3.05) is 52.3 Å². The molecule has 0 unspecified atom stereocenters. The Balaban J connectivity index is 1.90. The van der Waals surface area contributed by atoms with Gasteiger partial charge in [0.1, 0.15) is 0 Å². The van der Waals surface area contributed by atoms with Crippen LogP contribution in [0.15, 0.2) is 0 Å². The summed E-state index contributed by atoms with van der Waals surface area (Å²) in [6, 6.07) is 0. The van der Waals surface area contributed by atoms with Gasteiger partial charge in [-0.3, -0.25) is 4.79 Å². The van der Waals surface area contributed by atoms with Gasteiger partial charge in [0.15, 0.2) is 0 Å². The van der Waals surface area contributed by atoms with E-state index in [9.17, 15) is 4.79 Å². The van der Waals surface area contributed by atoms with Crippen molar-refractivity contribution in [2.45, 2.75) is 18.1 Å². The average molecular weight is 276 g/mol. The molecule has 0 radical (unpaired) electrons. The van der Waals surface area contributed by atoms with Crippen molar-refractivity contribution in [3.05, 3.63) is 0 Å². The molecule has 1 amide bonds. The molecule has 0 aromatic rings. The average Bonchev–Trinajstić information content (AvgIpc) is 2.41. The van der Waals surface area contributed by atoms with Gasteiger partial charge in [0.25, 0.3) is 0 Å². The molecule has 1 saturated heterocycles. The number of hydrogen-bond donors (Lipinski definition) is 2. The summed E-state index contributed by atoms with van der Waals surface area (Å²) in [6.45, 7) is 4.46. The topological polar surface area (TPSA) is 59.6 Å². The summed E-state index contributed by atoms with van der Waals surface area (Å²) in [5.74, 6) is 0.664. The lowest BCUT2D eigenvalue weighted by Gasteiger charge is -2.21. The van der Waals surface area contributed by atoms with Crippen LogP contribution in [0, 0.1) is 0 Å². The van der Waals surface area contributed by atoms with Crippen molar-refractivity contribution in [1.29, 1.82) is 0 Å². The third kappa shape index (κ3) is 7.92. The molecule has 0 aromatic carbocycles. The maximum Gasteiger partial charge on any atom is 0.230 e. The second kappa shape index (κ2) is 10.6. The Morgan fingerprint density at radius 1 is 1.33 bits per heavy atom. The Morgan fingerprint density at radius 2 is 2.11 bits per heavy atom. The Labute approximate surface area is 113 Å². The van der Waals surface area contributed by atoms with Gasteiger partial charge in [-0.25, -0.2) is 0 Å². The Bertz CT molecular complexity index is 223. The molecule has 6 heteroatoms. The molecule has 0 saturated carbocycles. The number of ether oxygens (including phenoxy) is 2. The predicted molar refractivity (Wildman–Crippen MR) is 74.1 cm³/mol. The molecule has 1 aliphatic rings. The minimum atomic E-state index is 0.105. The van der Waals surface area contributed by atoms with Crippen LogP contribution in [0.1, 0.15) is 12.8 Å². The van der Waals surface area contributed by atoms with Crippen molar-refractivity contribution < 1.29 is 14.3 Å². The molecule has 0 aromatic heterocycles. The highest BCUT2D eigenvalue weighted by atomic mass is 32.2. The van der Waals surface area contributed by atoms with E-state index in [1.807, 2.05) is 0 Å². The molecule has 1 fully saturated rings. The normalized spacial score (nSPS) is 16.7. The van der Waals surface area contributed by atoms with Gasteiger partial charge in [0.2, 0.25) is 5.91 Å². The van der Waals surface area contributed by atoms with E-state index in [-0.39, 0.29) is 5.91 Å². The van der Waals surface area contributed by atoms with E-state index < -0.39 is 0 Å². The van der Waals surface area contributed by atoms with E-state index in [2.05, 4.69) is 10.6 Å². The number of nitrogens with one attached hydrogen (secondary N) is 2. The molecule has 0 bridgehead atoms. The molecule has 0 atom stereocenters. The Morgan fingerprint density at radius 3 is 2.83 bits per heavy atom. The smallest absolute Gasteiger partial charge is 0.230 e. The van der Waals surface area contributed by atoms with Gasteiger partial charge in [0.05, 0.1) is 25.6 Å². The summed E-state index contributed by atoms with van der Waals surface area (Å²) in [5.41, 5.74) is 0. The highest BCUT2D eigenvalue weighted by molar-refractivity contribution is 8.00. The van der Waals surface area contributed by atoms with Crippen LogP contribution in [-0.4, -0.2) is 63.5 Å². The maximum atomic E-state index is 11.5. The van der Waals surface area contributed by atoms with Gasteiger partial charge in [-0.05, 0) is 25.9 Å². The van der Waals surface area contributed by atoms with Crippen LogP contribution >= 0.6 is 11.8 Å². The van der Waals surface area contributed by atoms with Crippen LogP contribution in [-0.2, 0) is 14.3 Å². The van der Waals surface area contributed by atoms with Crippen LogP contribution in [0.5, 0.6) is 0 Å². The van der Waals surface area contributed by atoms with Gasteiger partial charge in [0, 0.05) is 18.9 Å². The van der Waals surface area contributed by atoms with E-state index in [4.69, 9.17) is 9.47 Å². The third-order valence-corrected chi connectivity index (χ3v) is 4.11. The number of carbonyl (C=O) groups is 1. The monoisotopic (exact) mass is 276 g/mol. The molecule has 0 aliphatic carbocycles. The van der Waals surface area contributed by atoms with E-state index in [1.54, 1.807) is 18.9 Å². The predicted octanol–water partition coefficient (Wildman–Crippen LogP) is 0.251. The molecular formula is C12H24N2O3S. The molecule has 1 heterocycles. The Kier molecular flexibility index (Phi) is 9.28. The van der Waals surface area contributed by atoms with E-state index >= 15 is 0 Å². The lowest BCUT2D eigenvalue weighted by Crippen LogP contribution is -2.32. The second-order valence-corrected chi connectivity index (χ2v) is 5.50. The molecule has 1 rings (SSSR count). The number of piperidine rings is 1. The first-order valence-corrected chi connectivity index (χ1v) is 7.53. The lowest BCUT2D eigenvalue weighted by molar-refractivity contribution is -0.118. The van der Waals surface area contributed by atoms with E-state index in [0.29, 0.717) is 37.4 Å². The number of thioether (sulfide) groups is 1. The molecule has 1 aliphatic heterocycles. The standard InChI is InChI=1S/C12H24N2O3S/c1-16-8-9-17-7-6-14-12(15)10-18-11-2-4-13-5-3-11/h11,13H,2-10H2,1H3,(H,14,15). The first-order valence-electron chi connectivity index (χ1n) is 6.48. The van der Waals surface area contributed by atoms with Gasteiger partial charge < -0.3 is 20.1 Å². The third-order valence-electron chi connectivity index (χ3n) is 2.74. The molecule has 2 N–H and O–H groups in total. The summed E-state index contributed by atoms with van der Waals surface area (Å²) in [4.78, 5) is 11.5. The number of methoxy groups -OCH3 is 1. The van der Waals surface area contributed by atoms with Crippen molar-refractivity contribution >= 4 is 17.7 Å². The Hall–Kier alpha value is -0.300. The number of carbonyl (C=O) groups excluding carboxylic acids is 1. The van der Waals surface area contributed by atoms with Crippen LogP contribution in [0.25, 0.3) is 0 Å². The minimum Gasteiger partial charge on any atom is -0.382 e. The maximum absolute atomic E-state index is 11.5. The van der Waals surface area contributed by atoms with Crippen LogP contribution in [0.4, 0.5) is 0 Å². The largest absolute Gasteiger partial charge is 0.382 e. The molecule has 0 spiro atoms. The van der Waals surface area contributed by atoms with Crippen LogP contribution in [0.3, 0.4) is 0 Å². The summed E-state index contributed by atoms with van der Waals surface area (Å²) < 4.78 is 10.1. The van der Waals surface area contributed by atoms with Crippen molar-refractivity contribution in [1.82, 2.24) is 10.6 Å². The van der Waals surface area contributed by atoms with E-state index in [1.165, 1.54) is 0 Å². The van der Waals surface area contributed by atoms with Crippen LogP contribution < -0.4 is 10.6 Å². The molecule has 5 nitrogen and oxygen atoms in total. The van der Waals surface area contributed by atoms with Gasteiger partial charge in [-0.15, -0.1) is 11.8 Å². The SMILES string of the molecule is COCCOCCNC(=O)CSC1CCNCC1. The first kappa shape index (κ1) is 15.8. The molecule has 18 heavy (non-hydrogen) atoms. The zero-order valence-corrected chi connectivity index (χ0v) is 11.9. The zero-order chi connectivity index (χ0) is 13.1. The van der Waals surface area contributed by atoms with Gasteiger partial charge in [-0.2, -0.15) is 0 Å². The highest BCUT2D eigenvalue weighted by Gasteiger charge is 2.14. The highest BCUT2D eigenvalue weighted by Crippen LogP contribution is 2.19. The fraction of sp³-hybridized carbons (Fsp3) is 0.917. The van der Waals surface area contributed by atoms with Crippen LogP contribution in [0.2, 0.25) is 0 Å². The summed E-state index contributed by atoms with van der Waals surface area (Å²) in [7, 11) is 1.64. The number of amides is 1. The van der Waals surface area contributed by atoms with E-state index in [0.717, 1.165) is 25.9 Å². The number of hydrogen-bond acceptors (Lipinski definition) is 5. The minimum absolute atomic E-state index is 0.105. The fourth-order valence-electron chi connectivity index (χ4n) is 1.71. The summed E-state index contributed by atoms with van der Waals surface area (Å²) in [6.07, 6.45) is 2.33. The van der Waals surface area contributed by atoms with Crippen molar-refractivity contribution in [2.24, 2.45) is 0 Å². The summed E-state index contributed by atoms with van der Waals surface area (Å²) in [5, 5.41) is 6.81. The van der Waals surface area contributed by atoms with Gasteiger partial charge in [-0.1, -0.05) is 0 Å². The van der Waals surface area contributed by atoms with Crippen molar-refractivity contribution in [3.8, 4) is 0 Å². The lowest BCUT2D eigenvalue weighted by atomic mass is 10.2. The summed E-state index contributed by atoms with van der Waals surface area (Å²) >= 11 is 1.76. The first-order chi connectivity index (χ1) is 8.83. The molecular weight excluding hydrogens is 252 g/mol. The zero-order valence-electron chi connectivity index (χ0n) is 11.1.